The third-order valence-electron chi connectivity index (χ3n) is 2.19. The summed E-state index contributed by atoms with van der Waals surface area (Å²) in [7, 11) is 0. The number of ether oxygens (including phenoxy) is 2. The van der Waals surface area contributed by atoms with Gasteiger partial charge in [0.25, 0.3) is 0 Å². The second-order valence-corrected chi connectivity index (χ2v) is 3.78. The van der Waals surface area contributed by atoms with Crippen LogP contribution in [0.4, 0.5) is 0 Å². The molecule has 0 saturated heterocycles. The van der Waals surface area contributed by atoms with E-state index in [1.165, 1.54) is 6.07 Å². The molecule has 0 fully saturated rings. The second-order valence-electron chi connectivity index (χ2n) is 3.37. The lowest BCUT2D eigenvalue weighted by molar-refractivity contribution is 0.0518. The van der Waals surface area contributed by atoms with Crippen LogP contribution in [-0.4, -0.2) is 24.2 Å². The Labute approximate surface area is 110 Å². The van der Waals surface area contributed by atoms with Crippen LogP contribution in [0.25, 0.3) is 0 Å². The largest absolute Gasteiger partial charge is 0.462 e. The first-order valence-corrected chi connectivity index (χ1v) is 5.96. The average Bonchev–Trinajstić information content (AvgIpc) is 2.36. The summed E-state index contributed by atoms with van der Waals surface area (Å²) in [6.07, 6.45) is 0. The number of rotatable bonds is 5. The van der Waals surface area contributed by atoms with Crippen LogP contribution in [0.15, 0.2) is 6.07 Å². The van der Waals surface area contributed by atoms with Crippen LogP contribution >= 0.6 is 12.2 Å². The monoisotopic (exact) mass is 266 g/mol. The molecule has 0 amide bonds. The van der Waals surface area contributed by atoms with Crippen molar-refractivity contribution in [2.24, 2.45) is 0 Å². The molecule has 1 N–H and O–H groups in total. The van der Waals surface area contributed by atoms with Gasteiger partial charge in [-0.2, -0.15) is 5.26 Å². The molecule has 0 unspecified atom stereocenters. The molecule has 1 aromatic heterocycles. The molecule has 18 heavy (non-hydrogen) atoms. The number of H-pyrrole nitrogens is 1. The maximum Gasteiger partial charge on any atom is 0.340 e. The van der Waals surface area contributed by atoms with Gasteiger partial charge < -0.3 is 14.5 Å². The Morgan fingerprint density at radius 1 is 1.50 bits per heavy atom. The Morgan fingerprint density at radius 3 is 2.78 bits per heavy atom. The number of carbonyl (C=O) groups excluding carboxylic acids is 1. The summed E-state index contributed by atoms with van der Waals surface area (Å²) in [6, 6.07) is 3.37. The van der Waals surface area contributed by atoms with Crippen LogP contribution in [0, 0.1) is 16.0 Å². The lowest BCUT2D eigenvalue weighted by atomic mass is 10.1. The zero-order valence-corrected chi connectivity index (χ0v) is 11.1. The molecule has 1 aromatic rings. The molecule has 0 bridgehead atoms. The van der Waals surface area contributed by atoms with Gasteiger partial charge in [0.1, 0.15) is 10.7 Å². The molecule has 0 aliphatic rings. The van der Waals surface area contributed by atoms with Gasteiger partial charge in [0.2, 0.25) is 0 Å². The highest BCUT2D eigenvalue weighted by molar-refractivity contribution is 7.71. The summed E-state index contributed by atoms with van der Waals surface area (Å²) < 4.78 is 10.5. The van der Waals surface area contributed by atoms with E-state index in [2.05, 4.69) is 4.98 Å². The van der Waals surface area contributed by atoms with Gasteiger partial charge in [-0.15, -0.1) is 0 Å². The standard InChI is InChI=1S/C12H14N2O3S/c1-3-16-7-10-9(12(15)17-4-2)5-8(6-13)11(18)14-10/h5H,3-4,7H2,1-2H3,(H,14,18). The van der Waals surface area contributed by atoms with Gasteiger partial charge >= 0.3 is 5.97 Å². The molecule has 0 radical (unpaired) electrons. The van der Waals surface area contributed by atoms with Gasteiger partial charge in [-0.1, -0.05) is 12.2 Å². The lowest BCUT2D eigenvalue weighted by Crippen LogP contribution is -2.12. The second kappa shape index (κ2) is 6.89. The van der Waals surface area contributed by atoms with E-state index in [0.29, 0.717) is 16.9 Å². The zero-order chi connectivity index (χ0) is 13.5. The van der Waals surface area contributed by atoms with Crippen LogP contribution in [-0.2, 0) is 16.1 Å². The maximum atomic E-state index is 11.8. The first-order chi connectivity index (χ1) is 8.63. The summed E-state index contributed by atoms with van der Waals surface area (Å²) >= 11 is 5.01. The van der Waals surface area contributed by atoms with Gasteiger partial charge in [-0.3, -0.25) is 0 Å². The topological polar surface area (TPSA) is 75.1 Å². The predicted octanol–water partition coefficient (Wildman–Crippen LogP) is 2.33. The number of hydrogen-bond donors (Lipinski definition) is 1. The lowest BCUT2D eigenvalue weighted by Gasteiger charge is -2.09. The SMILES string of the molecule is CCOCc1[nH]c(=S)c(C#N)cc1C(=O)OCC. The van der Waals surface area contributed by atoms with Crippen LogP contribution in [0.5, 0.6) is 0 Å². The Balaban J connectivity index is 3.22. The molecule has 96 valence electrons. The summed E-state index contributed by atoms with van der Waals surface area (Å²) in [4.78, 5) is 14.6. The molecule has 0 aliphatic heterocycles. The third kappa shape index (κ3) is 3.39. The van der Waals surface area contributed by atoms with Gasteiger partial charge in [0.05, 0.1) is 30.0 Å². The van der Waals surface area contributed by atoms with E-state index in [9.17, 15) is 4.79 Å². The number of nitrogens with one attached hydrogen (secondary N) is 1. The molecular weight excluding hydrogens is 252 g/mol. The van der Waals surface area contributed by atoms with E-state index in [-0.39, 0.29) is 24.3 Å². The smallest absolute Gasteiger partial charge is 0.340 e. The van der Waals surface area contributed by atoms with Crippen molar-refractivity contribution >= 4 is 18.2 Å². The number of esters is 1. The van der Waals surface area contributed by atoms with Crippen molar-refractivity contribution in [1.29, 1.82) is 5.26 Å². The van der Waals surface area contributed by atoms with E-state index in [1.54, 1.807) is 6.92 Å². The van der Waals surface area contributed by atoms with Crippen molar-refractivity contribution < 1.29 is 14.3 Å². The van der Waals surface area contributed by atoms with Gasteiger partial charge in [0, 0.05) is 6.61 Å². The fraction of sp³-hybridized carbons (Fsp3) is 0.417. The molecule has 0 aromatic carbocycles. The van der Waals surface area contributed by atoms with Crippen molar-refractivity contribution in [1.82, 2.24) is 4.98 Å². The van der Waals surface area contributed by atoms with E-state index in [1.807, 2.05) is 13.0 Å². The molecule has 0 aliphatic carbocycles. The van der Waals surface area contributed by atoms with Crippen molar-refractivity contribution in [3.8, 4) is 6.07 Å². The van der Waals surface area contributed by atoms with Crippen molar-refractivity contribution in [3.63, 3.8) is 0 Å². The number of aromatic nitrogens is 1. The highest BCUT2D eigenvalue weighted by Gasteiger charge is 2.15. The van der Waals surface area contributed by atoms with Crippen LogP contribution in [0.1, 0.15) is 35.5 Å². The molecule has 6 heteroatoms. The highest BCUT2D eigenvalue weighted by atomic mass is 32.1. The fourth-order valence-electron chi connectivity index (χ4n) is 1.36. The van der Waals surface area contributed by atoms with Crippen molar-refractivity contribution in [3.05, 3.63) is 27.5 Å². The van der Waals surface area contributed by atoms with Gasteiger partial charge in [0.15, 0.2) is 0 Å². The maximum absolute atomic E-state index is 11.8. The van der Waals surface area contributed by atoms with Crippen molar-refractivity contribution in [2.75, 3.05) is 13.2 Å². The van der Waals surface area contributed by atoms with Crippen LogP contribution in [0.3, 0.4) is 0 Å². The van der Waals surface area contributed by atoms with E-state index < -0.39 is 5.97 Å². The van der Waals surface area contributed by atoms with E-state index in [0.717, 1.165) is 0 Å². The number of hydrogen-bond acceptors (Lipinski definition) is 5. The summed E-state index contributed by atoms with van der Waals surface area (Å²) in [5, 5.41) is 8.90. The third-order valence-corrected chi connectivity index (χ3v) is 2.51. The number of nitrogens with zero attached hydrogens (tertiary/aromatic N) is 1. The van der Waals surface area contributed by atoms with Crippen LogP contribution in [0.2, 0.25) is 0 Å². The van der Waals surface area contributed by atoms with E-state index >= 15 is 0 Å². The normalized spacial score (nSPS) is 9.83. The minimum atomic E-state index is -0.491. The first-order valence-electron chi connectivity index (χ1n) is 5.55. The number of carbonyl (C=O) groups is 1. The van der Waals surface area contributed by atoms with E-state index in [4.69, 9.17) is 27.0 Å². The van der Waals surface area contributed by atoms with Gasteiger partial charge in [-0.05, 0) is 19.9 Å². The molecule has 0 atom stereocenters. The van der Waals surface area contributed by atoms with Gasteiger partial charge in [-0.25, -0.2) is 4.79 Å². The zero-order valence-electron chi connectivity index (χ0n) is 10.3. The number of pyridine rings is 1. The Kier molecular flexibility index (Phi) is 5.49. The minimum absolute atomic E-state index is 0.222. The summed E-state index contributed by atoms with van der Waals surface area (Å²) in [5.74, 6) is -0.491. The quantitative estimate of drug-likeness (QED) is 0.654. The molecule has 5 nitrogen and oxygen atoms in total. The molecule has 1 heterocycles. The average molecular weight is 266 g/mol. The van der Waals surface area contributed by atoms with Crippen LogP contribution < -0.4 is 0 Å². The van der Waals surface area contributed by atoms with Crippen molar-refractivity contribution in [2.45, 2.75) is 20.5 Å². The predicted molar refractivity (Wildman–Crippen MR) is 67.6 cm³/mol. The summed E-state index contributed by atoms with van der Waals surface area (Å²) in [6.45, 7) is 4.58. The number of aromatic amines is 1. The first kappa shape index (κ1) is 14.4. The fourth-order valence-corrected chi connectivity index (χ4v) is 1.59. The number of nitriles is 1. The highest BCUT2D eigenvalue weighted by Crippen LogP contribution is 2.13. The molecule has 0 spiro atoms. The molecule has 0 saturated carbocycles. The molecule has 1 rings (SSSR count). The Bertz CT molecular complexity index is 531. The Morgan fingerprint density at radius 2 is 2.22 bits per heavy atom. The Hall–Kier alpha value is -1.71. The minimum Gasteiger partial charge on any atom is -0.462 e. The molecular formula is C12H14N2O3S. The summed E-state index contributed by atoms with van der Waals surface area (Å²) in [5.41, 5.74) is 1.06.